The third kappa shape index (κ3) is 3.69. The third-order valence-electron chi connectivity index (χ3n) is 6.09. The number of ether oxygens (including phenoxy) is 1. The van der Waals surface area contributed by atoms with E-state index in [1.54, 1.807) is 19.1 Å². The predicted octanol–water partition coefficient (Wildman–Crippen LogP) is 3.58. The van der Waals surface area contributed by atoms with Gasteiger partial charge in [-0.3, -0.25) is 23.7 Å². The minimum atomic E-state index is -0.700. The predicted molar refractivity (Wildman–Crippen MR) is 130 cm³/mol. The Kier molecular flexibility index (Phi) is 5.91. The maximum absolute atomic E-state index is 13.7. The molecular formula is C25H22N2O5S2. The summed E-state index contributed by atoms with van der Waals surface area (Å²) >= 11 is 2.23. The smallest absolute Gasteiger partial charge is 0.326 e. The normalized spacial score (nSPS) is 21.4. The number of hydrogen-bond donors (Lipinski definition) is 0. The van der Waals surface area contributed by atoms with Gasteiger partial charge in [0.25, 0.3) is 0 Å². The molecular weight excluding hydrogens is 472 g/mol. The average molecular weight is 495 g/mol. The number of amides is 2. The fraction of sp³-hybridized carbons (Fsp3) is 0.280. The topological polar surface area (TPSA) is 85.7 Å². The Bertz CT molecular complexity index is 1330. The van der Waals surface area contributed by atoms with E-state index in [0.717, 1.165) is 22.5 Å². The van der Waals surface area contributed by atoms with E-state index in [0.29, 0.717) is 15.6 Å². The first-order valence-corrected chi connectivity index (χ1v) is 12.7. The first-order valence-electron chi connectivity index (χ1n) is 11.0. The van der Waals surface area contributed by atoms with E-state index >= 15 is 0 Å². The van der Waals surface area contributed by atoms with Crippen molar-refractivity contribution in [2.45, 2.75) is 36.6 Å². The van der Waals surface area contributed by atoms with Crippen molar-refractivity contribution >= 4 is 46.6 Å². The van der Waals surface area contributed by atoms with Crippen LogP contribution in [0, 0.1) is 12.8 Å². The molecule has 0 saturated carbocycles. The van der Waals surface area contributed by atoms with E-state index in [2.05, 4.69) is 0 Å². The minimum Gasteiger partial charge on any atom is -0.465 e. The molecule has 2 aliphatic rings. The number of thioether (sulfide) groups is 1. The highest BCUT2D eigenvalue weighted by atomic mass is 32.2. The van der Waals surface area contributed by atoms with Crippen molar-refractivity contribution in [3.63, 3.8) is 0 Å². The number of carbonyl (C=O) groups is 3. The van der Waals surface area contributed by atoms with Crippen LogP contribution in [0.15, 0.2) is 64.4 Å². The van der Waals surface area contributed by atoms with Crippen LogP contribution in [0.2, 0.25) is 0 Å². The summed E-state index contributed by atoms with van der Waals surface area (Å²) in [6.07, 6.45) is 0. The summed E-state index contributed by atoms with van der Waals surface area (Å²) < 4.78 is 6.43. The molecule has 1 fully saturated rings. The highest BCUT2D eigenvalue weighted by molar-refractivity contribution is 8.00. The number of esters is 1. The van der Waals surface area contributed by atoms with Gasteiger partial charge in [0.1, 0.15) is 11.8 Å². The number of aryl methyl sites for hydroxylation is 1. The zero-order chi connectivity index (χ0) is 24.0. The molecule has 0 spiro atoms. The quantitative estimate of drug-likeness (QED) is 0.398. The first-order chi connectivity index (χ1) is 16.4. The lowest BCUT2D eigenvalue weighted by atomic mass is 9.83. The lowest BCUT2D eigenvalue weighted by Crippen LogP contribution is -2.32. The summed E-state index contributed by atoms with van der Waals surface area (Å²) in [4.78, 5) is 54.1. The summed E-state index contributed by atoms with van der Waals surface area (Å²) in [7, 11) is 0. The Labute approximate surface area is 204 Å². The van der Waals surface area contributed by atoms with Crippen molar-refractivity contribution in [1.82, 2.24) is 4.57 Å². The first kappa shape index (κ1) is 22.6. The summed E-state index contributed by atoms with van der Waals surface area (Å²) in [5.41, 5.74) is 2.42. The third-order valence-corrected chi connectivity index (χ3v) is 8.70. The Balaban J connectivity index is 1.63. The summed E-state index contributed by atoms with van der Waals surface area (Å²) in [5, 5.41) is -0.140. The number of rotatable bonds is 5. The number of nitrogens with zero attached hydrogens (tertiary/aromatic N) is 2. The Morgan fingerprint density at radius 3 is 2.38 bits per heavy atom. The van der Waals surface area contributed by atoms with Crippen molar-refractivity contribution in [3.05, 3.63) is 80.3 Å². The van der Waals surface area contributed by atoms with Crippen molar-refractivity contribution in [2.75, 3.05) is 11.5 Å². The van der Waals surface area contributed by atoms with Crippen molar-refractivity contribution in [1.29, 1.82) is 0 Å². The van der Waals surface area contributed by atoms with E-state index < -0.39 is 23.1 Å². The van der Waals surface area contributed by atoms with Gasteiger partial charge in [-0.1, -0.05) is 71.1 Å². The van der Waals surface area contributed by atoms with Crippen LogP contribution in [0.3, 0.4) is 0 Å². The van der Waals surface area contributed by atoms with Gasteiger partial charge in [-0.2, -0.15) is 0 Å². The number of fused-ring (bicyclic) bond motifs is 2. The van der Waals surface area contributed by atoms with Crippen LogP contribution in [-0.4, -0.2) is 34.2 Å². The second kappa shape index (κ2) is 8.88. The molecule has 7 nitrogen and oxygen atoms in total. The Hall–Kier alpha value is -3.17. The van der Waals surface area contributed by atoms with Gasteiger partial charge in [-0.15, -0.1) is 0 Å². The number of hydrogen-bond acceptors (Lipinski definition) is 7. The monoisotopic (exact) mass is 494 g/mol. The van der Waals surface area contributed by atoms with Crippen molar-refractivity contribution < 1.29 is 19.1 Å². The molecule has 0 bridgehead atoms. The summed E-state index contributed by atoms with van der Waals surface area (Å²) in [6.45, 7) is 3.63. The van der Waals surface area contributed by atoms with Crippen LogP contribution in [0.1, 0.15) is 28.8 Å². The molecule has 1 saturated heterocycles. The van der Waals surface area contributed by atoms with Crippen molar-refractivity contribution in [3.8, 4) is 0 Å². The highest BCUT2D eigenvalue weighted by Gasteiger charge is 2.56. The molecule has 2 aliphatic heterocycles. The molecule has 9 heteroatoms. The molecule has 3 unspecified atom stereocenters. The van der Waals surface area contributed by atoms with Gasteiger partial charge >= 0.3 is 10.8 Å². The van der Waals surface area contributed by atoms with Crippen molar-refractivity contribution in [2.24, 2.45) is 5.92 Å². The Morgan fingerprint density at radius 2 is 1.71 bits per heavy atom. The van der Waals surface area contributed by atoms with Crippen LogP contribution in [0.5, 0.6) is 0 Å². The average Bonchev–Trinajstić information content (AvgIpc) is 3.27. The fourth-order valence-corrected chi connectivity index (χ4v) is 7.33. The van der Waals surface area contributed by atoms with Gasteiger partial charge in [-0.05, 0) is 31.5 Å². The maximum atomic E-state index is 13.7. The van der Waals surface area contributed by atoms with Gasteiger partial charge in [0.15, 0.2) is 0 Å². The number of aromatic nitrogens is 1. The van der Waals surface area contributed by atoms with E-state index in [1.165, 1.54) is 21.2 Å². The largest absolute Gasteiger partial charge is 0.465 e. The van der Waals surface area contributed by atoms with Gasteiger partial charge in [0.2, 0.25) is 11.8 Å². The molecule has 34 heavy (non-hydrogen) atoms. The van der Waals surface area contributed by atoms with Crippen LogP contribution >= 0.6 is 23.1 Å². The summed E-state index contributed by atoms with van der Waals surface area (Å²) in [6, 6.07) is 16.7. The SMILES string of the molecule is CCOC(=O)Cn1c2c(sc1=O)C(c1ccccc1)C1C(=O)N(c3ccc(C)cc3)C(=O)C1S2. The number of thiazole rings is 1. The second-order valence-corrected chi connectivity index (χ2v) is 10.4. The molecule has 0 aliphatic carbocycles. The van der Waals surface area contributed by atoms with E-state index in [4.69, 9.17) is 4.74 Å². The van der Waals surface area contributed by atoms with Gasteiger partial charge in [0.05, 0.1) is 23.2 Å². The van der Waals surface area contributed by atoms with E-state index in [9.17, 15) is 19.2 Å². The Morgan fingerprint density at radius 1 is 1.00 bits per heavy atom. The van der Waals surface area contributed by atoms with Crippen LogP contribution in [-0.2, 0) is 25.7 Å². The van der Waals surface area contributed by atoms with E-state index in [1.807, 2.05) is 49.4 Å². The van der Waals surface area contributed by atoms with Crippen LogP contribution in [0.4, 0.5) is 5.69 Å². The van der Waals surface area contributed by atoms with Crippen LogP contribution < -0.4 is 9.77 Å². The number of carbonyl (C=O) groups excluding carboxylic acids is 3. The molecule has 3 aromatic rings. The standard InChI is InChI=1S/C25H22N2O5S2/c1-3-32-17(28)13-26-24-21(34-25(26)31)18(15-7-5-4-6-8-15)19-20(33-24)23(30)27(22(19)29)16-11-9-14(2)10-12-16/h4-12,18-20H,3,13H2,1-2H3. The molecule has 3 heterocycles. The molecule has 1 aromatic heterocycles. The van der Waals surface area contributed by atoms with E-state index in [-0.39, 0.29) is 29.8 Å². The lowest BCUT2D eigenvalue weighted by Gasteiger charge is -2.30. The second-order valence-electron chi connectivity index (χ2n) is 8.23. The molecule has 0 N–H and O–H groups in total. The van der Waals surface area contributed by atoms with Crippen LogP contribution in [0.25, 0.3) is 0 Å². The highest BCUT2D eigenvalue weighted by Crippen LogP contribution is 2.53. The molecule has 174 valence electrons. The molecule has 5 rings (SSSR count). The molecule has 3 atom stereocenters. The number of benzene rings is 2. The van der Waals surface area contributed by atoms with Gasteiger partial charge < -0.3 is 4.74 Å². The number of anilines is 1. The lowest BCUT2D eigenvalue weighted by molar-refractivity contribution is -0.144. The fourth-order valence-electron chi connectivity index (χ4n) is 4.56. The zero-order valence-corrected chi connectivity index (χ0v) is 20.2. The maximum Gasteiger partial charge on any atom is 0.326 e. The molecule has 2 aromatic carbocycles. The summed E-state index contributed by atoms with van der Waals surface area (Å²) in [5.74, 6) is -2.21. The minimum absolute atomic E-state index is 0.211. The molecule has 0 radical (unpaired) electrons. The van der Waals surface area contributed by atoms with Gasteiger partial charge in [-0.25, -0.2) is 4.90 Å². The number of imide groups is 1. The van der Waals surface area contributed by atoms with Gasteiger partial charge in [0, 0.05) is 10.8 Å². The molecule has 2 amide bonds. The zero-order valence-electron chi connectivity index (χ0n) is 18.6.